The highest BCUT2D eigenvalue weighted by molar-refractivity contribution is 6.32. The Kier molecular flexibility index (Phi) is 2.77. The van der Waals surface area contributed by atoms with Crippen molar-refractivity contribution >= 4 is 23.0 Å². The molecule has 0 amide bonds. The zero-order valence-corrected chi connectivity index (χ0v) is 8.91. The summed E-state index contributed by atoms with van der Waals surface area (Å²) < 4.78 is 0. The fourth-order valence-electron chi connectivity index (χ4n) is 1.82. The van der Waals surface area contributed by atoms with E-state index in [1.165, 1.54) is 18.9 Å². The molecule has 15 heavy (non-hydrogen) atoms. The molecule has 2 rings (SSSR count). The largest absolute Gasteiger partial charge is 0.371 e. The molecule has 0 spiro atoms. The standard InChI is InChI=1S/C10H11ClN2O2/c11-9-7-8(12-5-1-2-6-12)3-4-10(9)13(14)15/h3-4,7H,1-2,5-6H2. The highest BCUT2D eigenvalue weighted by Crippen LogP contribution is 2.30. The fourth-order valence-corrected chi connectivity index (χ4v) is 2.06. The normalized spacial score (nSPS) is 15.7. The van der Waals surface area contributed by atoms with Crippen molar-refractivity contribution in [2.24, 2.45) is 0 Å². The average Bonchev–Trinajstić information content (AvgIpc) is 2.69. The first-order valence-corrected chi connectivity index (χ1v) is 5.25. The molecule has 0 bridgehead atoms. The summed E-state index contributed by atoms with van der Waals surface area (Å²) in [4.78, 5) is 12.3. The summed E-state index contributed by atoms with van der Waals surface area (Å²) in [6.07, 6.45) is 2.35. The monoisotopic (exact) mass is 226 g/mol. The summed E-state index contributed by atoms with van der Waals surface area (Å²) in [5.41, 5.74) is 0.947. The van der Waals surface area contributed by atoms with E-state index in [1.54, 1.807) is 12.1 Å². The van der Waals surface area contributed by atoms with Crippen LogP contribution in [0.3, 0.4) is 0 Å². The zero-order chi connectivity index (χ0) is 10.8. The van der Waals surface area contributed by atoms with Crippen LogP contribution < -0.4 is 4.90 Å². The van der Waals surface area contributed by atoms with E-state index in [4.69, 9.17) is 11.6 Å². The van der Waals surface area contributed by atoms with E-state index in [9.17, 15) is 10.1 Å². The predicted octanol–water partition coefficient (Wildman–Crippen LogP) is 2.85. The minimum absolute atomic E-state index is 0.0281. The van der Waals surface area contributed by atoms with Crippen LogP contribution in [0.2, 0.25) is 5.02 Å². The van der Waals surface area contributed by atoms with E-state index < -0.39 is 4.92 Å². The Hall–Kier alpha value is -1.29. The van der Waals surface area contributed by atoms with E-state index in [1.807, 2.05) is 0 Å². The number of benzene rings is 1. The second-order valence-corrected chi connectivity index (χ2v) is 3.99. The number of rotatable bonds is 2. The quantitative estimate of drug-likeness (QED) is 0.576. The second kappa shape index (κ2) is 4.06. The Morgan fingerprint density at radius 3 is 2.53 bits per heavy atom. The molecule has 0 aromatic heterocycles. The van der Waals surface area contributed by atoms with Crippen LogP contribution >= 0.6 is 11.6 Å². The molecule has 1 saturated heterocycles. The number of hydrogen-bond donors (Lipinski definition) is 0. The maximum atomic E-state index is 10.6. The van der Waals surface area contributed by atoms with Crippen molar-refractivity contribution in [2.45, 2.75) is 12.8 Å². The van der Waals surface area contributed by atoms with Gasteiger partial charge in [0.05, 0.1) is 4.92 Å². The molecule has 0 saturated carbocycles. The minimum atomic E-state index is -0.462. The molecule has 1 aromatic carbocycles. The summed E-state index contributed by atoms with van der Waals surface area (Å²) in [6.45, 7) is 2.02. The molecule has 80 valence electrons. The lowest BCUT2D eigenvalue weighted by Gasteiger charge is -2.17. The Labute approximate surface area is 92.6 Å². The fraction of sp³-hybridized carbons (Fsp3) is 0.400. The van der Waals surface area contributed by atoms with Gasteiger partial charge >= 0.3 is 0 Å². The molecule has 4 nitrogen and oxygen atoms in total. The van der Waals surface area contributed by atoms with Gasteiger partial charge in [0, 0.05) is 24.8 Å². The highest BCUT2D eigenvalue weighted by atomic mass is 35.5. The number of halogens is 1. The van der Waals surface area contributed by atoms with E-state index in [0.29, 0.717) is 0 Å². The molecule has 0 N–H and O–H groups in total. The van der Waals surface area contributed by atoms with Crippen molar-refractivity contribution in [1.29, 1.82) is 0 Å². The Bertz CT molecular complexity index is 389. The first-order chi connectivity index (χ1) is 7.18. The van der Waals surface area contributed by atoms with Crippen molar-refractivity contribution in [3.8, 4) is 0 Å². The molecule has 1 aliphatic heterocycles. The molecule has 0 unspecified atom stereocenters. The maximum Gasteiger partial charge on any atom is 0.288 e. The topological polar surface area (TPSA) is 46.4 Å². The van der Waals surface area contributed by atoms with Gasteiger partial charge in [-0.15, -0.1) is 0 Å². The van der Waals surface area contributed by atoms with E-state index in [2.05, 4.69) is 4.90 Å². The van der Waals surface area contributed by atoms with Gasteiger partial charge in [-0.3, -0.25) is 10.1 Å². The summed E-state index contributed by atoms with van der Waals surface area (Å²) >= 11 is 5.83. The van der Waals surface area contributed by atoms with Gasteiger partial charge < -0.3 is 4.90 Å². The molecule has 1 heterocycles. The van der Waals surface area contributed by atoms with Crippen LogP contribution in [0, 0.1) is 10.1 Å². The summed E-state index contributed by atoms with van der Waals surface area (Å²) in [5.74, 6) is 0. The van der Waals surface area contributed by atoms with Crippen LogP contribution in [-0.2, 0) is 0 Å². The zero-order valence-electron chi connectivity index (χ0n) is 8.15. The van der Waals surface area contributed by atoms with Crippen LogP contribution in [0.1, 0.15) is 12.8 Å². The molecule has 0 radical (unpaired) electrons. The van der Waals surface area contributed by atoms with Gasteiger partial charge in [0.15, 0.2) is 0 Å². The number of hydrogen-bond acceptors (Lipinski definition) is 3. The van der Waals surface area contributed by atoms with Crippen LogP contribution in [0.25, 0.3) is 0 Å². The Balaban J connectivity index is 2.28. The predicted molar refractivity (Wildman–Crippen MR) is 59.6 cm³/mol. The molecule has 1 aliphatic rings. The molecule has 5 heteroatoms. The summed E-state index contributed by atoms with van der Waals surface area (Å²) in [5, 5.41) is 10.8. The summed E-state index contributed by atoms with van der Waals surface area (Å²) in [7, 11) is 0. The molecule has 0 aliphatic carbocycles. The number of nitrogens with zero attached hydrogens (tertiary/aromatic N) is 2. The second-order valence-electron chi connectivity index (χ2n) is 3.59. The molecular formula is C10H11ClN2O2. The maximum absolute atomic E-state index is 10.6. The molecular weight excluding hydrogens is 216 g/mol. The SMILES string of the molecule is O=[N+]([O-])c1ccc(N2CCCC2)cc1Cl. The first-order valence-electron chi connectivity index (χ1n) is 4.87. The van der Waals surface area contributed by atoms with Crippen molar-refractivity contribution in [3.63, 3.8) is 0 Å². The van der Waals surface area contributed by atoms with Crippen LogP contribution in [0.15, 0.2) is 18.2 Å². The van der Waals surface area contributed by atoms with E-state index >= 15 is 0 Å². The average molecular weight is 227 g/mol. The van der Waals surface area contributed by atoms with Crippen molar-refractivity contribution < 1.29 is 4.92 Å². The van der Waals surface area contributed by atoms with Gasteiger partial charge in [0.1, 0.15) is 5.02 Å². The van der Waals surface area contributed by atoms with Gasteiger partial charge in [0.25, 0.3) is 5.69 Å². The van der Waals surface area contributed by atoms with Gasteiger partial charge in [-0.2, -0.15) is 0 Å². The molecule has 1 aromatic rings. The van der Waals surface area contributed by atoms with Gasteiger partial charge in [0.2, 0.25) is 0 Å². The van der Waals surface area contributed by atoms with E-state index in [-0.39, 0.29) is 10.7 Å². The summed E-state index contributed by atoms with van der Waals surface area (Å²) in [6, 6.07) is 4.90. The van der Waals surface area contributed by atoms with Gasteiger partial charge in [-0.1, -0.05) is 11.6 Å². The third-order valence-electron chi connectivity index (χ3n) is 2.60. The smallest absolute Gasteiger partial charge is 0.288 e. The highest BCUT2D eigenvalue weighted by Gasteiger charge is 2.17. The molecule has 0 atom stereocenters. The van der Waals surface area contributed by atoms with Crippen LogP contribution in [0.5, 0.6) is 0 Å². The van der Waals surface area contributed by atoms with Gasteiger partial charge in [-0.25, -0.2) is 0 Å². The number of nitro groups is 1. The number of anilines is 1. The Morgan fingerprint density at radius 1 is 1.33 bits per heavy atom. The van der Waals surface area contributed by atoms with Crippen LogP contribution in [0.4, 0.5) is 11.4 Å². The first kappa shape index (κ1) is 10.2. The lowest BCUT2D eigenvalue weighted by atomic mass is 10.2. The van der Waals surface area contributed by atoms with E-state index in [0.717, 1.165) is 18.8 Å². The van der Waals surface area contributed by atoms with Crippen molar-refractivity contribution in [2.75, 3.05) is 18.0 Å². The molecule has 1 fully saturated rings. The minimum Gasteiger partial charge on any atom is -0.371 e. The van der Waals surface area contributed by atoms with Crippen molar-refractivity contribution in [1.82, 2.24) is 0 Å². The van der Waals surface area contributed by atoms with Crippen LogP contribution in [-0.4, -0.2) is 18.0 Å². The lowest BCUT2D eigenvalue weighted by molar-refractivity contribution is -0.384. The third-order valence-corrected chi connectivity index (χ3v) is 2.90. The third kappa shape index (κ3) is 2.04. The van der Waals surface area contributed by atoms with Crippen molar-refractivity contribution in [3.05, 3.63) is 33.3 Å². The number of nitro benzene ring substituents is 1. The van der Waals surface area contributed by atoms with Gasteiger partial charge in [-0.05, 0) is 25.0 Å². The lowest BCUT2D eigenvalue weighted by Crippen LogP contribution is -2.17. The Morgan fingerprint density at radius 2 is 2.00 bits per heavy atom.